The highest BCUT2D eigenvalue weighted by atomic mass is 16.5. The van der Waals surface area contributed by atoms with Gasteiger partial charge in [-0.15, -0.1) is 6.58 Å². The summed E-state index contributed by atoms with van der Waals surface area (Å²) < 4.78 is 5.16. The Morgan fingerprint density at radius 1 is 1.11 bits per heavy atom. The van der Waals surface area contributed by atoms with Gasteiger partial charge in [0.05, 0.1) is 0 Å². The third kappa shape index (κ3) is 12.0. The number of carbonyl (C=O) groups excluding carboxylic acids is 2. The van der Waals surface area contributed by atoms with Gasteiger partial charge in [-0.25, -0.2) is 0 Å². The average molecular weight is 511 g/mol. The van der Waals surface area contributed by atoms with Crippen molar-refractivity contribution in [2.45, 2.75) is 115 Å². The Morgan fingerprint density at radius 2 is 1.75 bits per heavy atom. The van der Waals surface area contributed by atoms with Crippen molar-refractivity contribution in [2.24, 2.45) is 5.41 Å². The maximum Gasteiger partial charge on any atom is 0.252 e. The number of amides is 2. The summed E-state index contributed by atoms with van der Waals surface area (Å²) in [4.78, 5) is 27.9. The Bertz CT molecular complexity index is 690. The monoisotopic (exact) mass is 510 g/mol. The van der Waals surface area contributed by atoms with Crippen molar-refractivity contribution in [3.8, 4) is 0 Å². The molecule has 1 heterocycles. The predicted octanol–water partition coefficient (Wildman–Crippen LogP) is 3.10. The van der Waals surface area contributed by atoms with Gasteiger partial charge in [-0.3, -0.25) is 9.59 Å². The van der Waals surface area contributed by atoms with Crippen LogP contribution >= 0.6 is 0 Å². The Kier molecular flexibility index (Phi) is 15.2. The highest BCUT2D eigenvalue weighted by Gasteiger charge is 2.37. The molecule has 2 amide bonds. The fourth-order valence-electron chi connectivity index (χ4n) is 4.30. The molecule has 5 atom stereocenters. The molecule has 8 nitrogen and oxygen atoms in total. The lowest BCUT2D eigenvalue weighted by molar-refractivity contribution is -0.151. The molecule has 0 radical (unpaired) electrons. The first kappa shape index (κ1) is 32.3. The van der Waals surface area contributed by atoms with Crippen molar-refractivity contribution in [3.63, 3.8) is 0 Å². The van der Waals surface area contributed by atoms with Gasteiger partial charge in [0.25, 0.3) is 5.91 Å². The van der Waals surface area contributed by atoms with Gasteiger partial charge in [-0.1, -0.05) is 64.7 Å². The van der Waals surface area contributed by atoms with Gasteiger partial charge < -0.3 is 30.3 Å². The number of hydrogen-bond acceptors (Lipinski definition) is 6. The molecule has 1 aliphatic heterocycles. The van der Waals surface area contributed by atoms with Gasteiger partial charge in [0.15, 0.2) is 6.10 Å². The molecular formula is C28H50N2O6. The van der Waals surface area contributed by atoms with E-state index >= 15 is 0 Å². The summed E-state index contributed by atoms with van der Waals surface area (Å²) in [6.45, 7) is 10.9. The first-order valence-corrected chi connectivity index (χ1v) is 13.5. The van der Waals surface area contributed by atoms with E-state index in [0.29, 0.717) is 19.5 Å². The molecule has 0 aromatic carbocycles. The van der Waals surface area contributed by atoms with Crippen LogP contribution < -0.4 is 5.32 Å². The van der Waals surface area contributed by atoms with Crippen molar-refractivity contribution in [2.75, 3.05) is 20.2 Å². The lowest BCUT2D eigenvalue weighted by atomic mass is 9.94. The Balaban J connectivity index is 2.63. The molecule has 1 rings (SSSR count). The summed E-state index contributed by atoms with van der Waals surface area (Å²) in [5.41, 5.74) is -0.221. The maximum atomic E-state index is 13.1. The zero-order valence-corrected chi connectivity index (χ0v) is 22.8. The van der Waals surface area contributed by atoms with Gasteiger partial charge in [0.1, 0.15) is 24.4 Å². The van der Waals surface area contributed by atoms with Crippen molar-refractivity contribution < 1.29 is 29.6 Å². The quantitative estimate of drug-likeness (QED) is 0.187. The number of carbonyl (C=O) groups is 2. The minimum atomic E-state index is -1.67. The molecule has 0 aromatic heterocycles. The molecule has 0 bridgehead atoms. The first-order chi connectivity index (χ1) is 17.0. The molecule has 0 aromatic rings. The van der Waals surface area contributed by atoms with Crippen LogP contribution in [0.3, 0.4) is 0 Å². The van der Waals surface area contributed by atoms with Crippen LogP contribution in [0, 0.1) is 5.41 Å². The zero-order valence-electron chi connectivity index (χ0n) is 22.8. The van der Waals surface area contributed by atoms with Gasteiger partial charge in [-0.2, -0.15) is 0 Å². The van der Waals surface area contributed by atoms with E-state index < -0.39 is 36.4 Å². The highest BCUT2D eigenvalue weighted by molar-refractivity contribution is 5.89. The van der Waals surface area contributed by atoms with Crippen LogP contribution in [0.2, 0.25) is 0 Å². The van der Waals surface area contributed by atoms with Crippen molar-refractivity contribution in [1.29, 1.82) is 0 Å². The second kappa shape index (κ2) is 16.9. The lowest BCUT2D eigenvalue weighted by Gasteiger charge is -2.29. The van der Waals surface area contributed by atoms with Gasteiger partial charge >= 0.3 is 0 Å². The Morgan fingerprint density at radius 3 is 2.36 bits per heavy atom. The van der Waals surface area contributed by atoms with Crippen LogP contribution in [0.25, 0.3) is 0 Å². The van der Waals surface area contributed by atoms with E-state index in [-0.39, 0.29) is 11.3 Å². The van der Waals surface area contributed by atoms with E-state index in [4.69, 9.17) is 4.74 Å². The number of methoxy groups -OCH3 is 1. The molecule has 208 valence electrons. The fraction of sp³-hybridized carbons (Fsp3) is 0.786. The summed E-state index contributed by atoms with van der Waals surface area (Å²) in [6, 6.07) is -0.702. The molecule has 1 saturated heterocycles. The minimum Gasteiger partial charge on any atom is -0.387 e. The minimum absolute atomic E-state index is 0.120. The summed E-state index contributed by atoms with van der Waals surface area (Å²) in [6.07, 6.45) is 8.92. The molecule has 0 saturated carbocycles. The number of ether oxygens (including phenoxy) is 1. The Hall–Kier alpha value is -1.74. The number of aliphatic hydroxyl groups excluding tert-OH is 3. The number of unbranched alkanes of at least 4 members (excludes halogenated alkanes) is 6. The second-order valence-electron chi connectivity index (χ2n) is 10.9. The van der Waals surface area contributed by atoms with Crippen LogP contribution in [0.1, 0.15) is 85.0 Å². The molecule has 0 aliphatic carbocycles. The SMILES string of the molecule is C=CCCCCCCCCN1CCCCC(NC(=O)[C@H](OC)[C@H](O)[C@@H](O)[C@H](O)C=CC(C)(C)C)C1=O. The van der Waals surface area contributed by atoms with E-state index in [1.54, 1.807) is 6.08 Å². The first-order valence-electron chi connectivity index (χ1n) is 13.5. The van der Waals surface area contributed by atoms with Crippen LogP contribution in [0.5, 0.6) is 0 Å². The highest BCUT2D eigenvalue weighted by Crippen LogP contribution is 2.18. The number of hydrogen-bond donors (Lipinski definition) is 4. The number of aliphatic hydroxyl groups is 3. The molecule has 1 aliphatic rings. The van der Waals surface area contributed by atoms with Crippen molar-refractivity contribution >= 4 is 11.8 Å². The number of nitrogens with one attached hydrogen (secondary N) is 1. The number of rotatable bonds is 16. The third-order valence-electron chi connectivity index (χ3n) is 6.50. The number of likely N-dealkylation sites (tertiary alicyclic amines) is 1. The zero-order chi connectivity index (χ0) is 27.1. The van der Waals surface area contributed by atoms with Crippen LogP contribution in [-0.2, 0) is 14.3 Å². The molecule has 4 N–H and O–H groups in total. The summed E-state index contributed by atoms with van der Waals surface area (Å²) in [5, 5.41) is 33.9. The number of nitrogens with zero attached hydrogens (tertiary/aromatic N) is 1. The summed E-state index contributed by atoms with van der Waals surface area (Å²) >= 11 is 0. The normalized spacial score (nSPS) is 20.6. The molecule has 1 unspecified atom stereocenters. The van der Waals surface area contributed by atoms with Crippen molar-refractivity contribution in [3.05, 3.63) is 24.8 Å². The smallest absolute Gasteiger partial charge is 0.252 e. The molecule has 8 heteroatoms. The van der Waals surface area contributed by atoms with Crippen molar-refractivity contribution in [1.82, 2.24) is 10.2 Å². The topological polar surface area (TPSA) is 119 Å². The predicted molar refractivity (Wildman–Crippen MR) is 142 cm³/mol. The van der Waals surface area contributed by atoms with Crippen LogP contribution in [0.4, 0.5) is 0 Å². The fourth-order valence-corrected chi connectivity index (χ4v) is 4.30. The van der Waals surface area contributed by atoms with E-state index in [0.717, 1.165) is 38.5 Å². The molecular weight excluding hydrogens is 460 g/mol. The van der Waals surface area contributed by atoms with Crippen LogP contribution in [0.15, 0.2) is 24.8 Å². The van der Waals surface area contributed by atoms with Gasteiger partial charge in [0.2, 0.25) is 5.91 Å². The summed E-state index contributed by atoms with van der Waals surface area (Å²) in [7, 11) is 1.25. The van der Waals surface area contributed by atoms with Gasteiger partial charge in [0, 0.05) is 20.2 Å². The van der Waals surface area contributed by atoms with E-state index in [2.05, 4.69) is 11.9 Å². The van der Waals surface area contributed by atoms with E-state index in [1.807, 2.05) is 31.7 Å². The summed E-state index contributed by atoms with van der Waals surface area (Å²) in [5.74, 6) is -0.805. The lowest BCUT2D eigenvalue weighted by Crippen LogP contribution is -2.55. The van der Waals surface area contributed by atoms with Gasteiger partial charge in [-0.05, 0) is 43.9 Å². The van der Waals surface area contributed by atoms with Crippen LogP contribution in [-0.4, -0.2) is 82.7 Å². The average Bonchev–Trinajstić information content (AvgIpc) is 2.99. The second-order valence-corrected chi connectivity index (χ2v) is 10.9. The molecule has 0 spiro atoms. The van der Waals surface area contributed by atoms with E-state index in [9.17, 15) is 24.9 Å². The number of allylic oxidation sites excluding steroid dienone is 2. The third-order valence-corrected chi connectivity index (χ3v) is 6.50. The largest absolute Gasteiger partial charge is 0.387 e. The molecule has 36 heavy (non-hydrogen) atoms. The molecule has 1 fully saturated rings. The standard InChI is InChI=1S/C28H50N2O6/c1-6-7-8-9-10-11-12-14-19-30-20-15-13-16-21(27(30)35)29-26(34)25(36-5)24(33)23(32)22(31)17-18-28(2,3)4/h6,17-18,21-25,31-33H,1,7-16,19-20H2,2-5H3,(H,29,34)/t21?,22-,23+,24-,25-/m1/s1. The Labute approximate surface area is 217 Å². The van der Waals surface area contributed by atoms with E-state index in [1.165, 1.54) is 32.4 Å². The maximum absolute atomic E-state index is 13.1.